The van der Waals surface area contributed by atoms with Gasteiger partial charge in [-0.05, 0) is 69.7 Å². The average Bonchev–Trinajstić information content (AvgIpc) is 2.56. The van der Waals surface area contributed by atoms with Crippen molar-refractivity contribution >= 4 is 5.78 Å². The number of carbonyl (C=O) groups excluding carboxylic acids is 1. The van der Waals surface area contributed by atoms with Gasteiger partial charge in [0.15, 0.2) is 0 Å². The lowest BCUT2D eigenvalue weighted by Gasteiger charge is -2.37. The smallest absolute Gasteiger partial charge is 0.129 e. The van der Waals surface area contributed by atoms with Crippen molar-refractivity contribution in [2.45, 2.75) is 86.7 Å². The van der Waals surface area contributed by atoms with Crippen LogP contribution in [-0.2, 0) is 11.2 Å². The molecule has 1 aliphatic heterocycles. The van der Waals surface area contributed by atoms with Crippen molar-refractivity contribution in [2.24, 2.45) is 0 Å². The molecule has 1 atom stereocenters. The van der Waals surface area contributed by atoms with Gasteiger partial charge in [-0.2, -0.15) is 0 Å². The number of rotatable bonds is 3. The van der Waals surface area contributed by atoms with E-state index in [0.29, 0.717) is 12.2 Å². The fraction of sp³-hybridized carbons (Fsp3) is 0.650. The number of phenolic OH excluding ortho intramolecular Hbond substituents is 1. The van der Waals surface area contributed by atoms with Crippen LogP contribution in [0, 0.1) is 13.8 Å². The third-order valence-electron chi connectivity index (χ3n) is 4.17. The fourth-order valence-corrected chi connectivity index (χ4v) is 2.58. The molecule has 132 valence electrons. The van der Waals surface area contributed by atoms with E-state index >= 15 is 0 Å². The van der Waals surface area contributed by atoms with E-state index in [9.17, 15) is 9.90 Å². The maximum atomic E-state index is 11.2. The summed E-state index contributed by atoms with van der Waals surface area (Å²) in [4.78, 5) is 11.2. The van der Waals surface area contributed by atoms with Crippen LogP contribution >= 0.6 is 0 Å². The molecule has 3 nitrogen and oxygen atoms in total. The third kappa shape index (κ3) is 5.56. The molecule has 0 saturated heterocycles. The van der Waals surface area contributed by atoms with Crippen LogP contribution in [0.3, 0.4) is 0 Å². The Morgan fingerprint density at radius 1 is 1.22 bits per heavy atom. The first-order chi connectivity index (χ1) is 10.8. The second kappa shape index (κ2) is 9.59. The standard InChI is InChI=1S/C16H22O3.2C2H6/c1-10(17)5-7-16(4)8-6-13-9-14(18)11(2)12(3)15(13)19-16;2*1-2/h9,18H,5-8H2,1-4H3;2*1-2H3. The number of Topliss-reactive ketones (excluding diaryl/α,β-unsaturated/α-hetero) is 1. The number of ketones is 1. The number of ether oxygens (including phenoxy) is 1. The van der Waals surface area contributed by atoms with Gasteiger partial charge in [-0.3, -0.25) is 0 Å². The van der Waals surface area contributed by atoms with Crippen molar-refractivity contribution < 1.29 is 14.6 Å². The molecule has 0 amide bonds. The second-order valence-electron chi connectivity index (χ2n) is 5.89. The van der Waals surface area contributed by atoms with Gasteiger partial charge in [-0.15, -0.1) is 0 Å². The number of fused-ring (bicyclic) bond motifs is 1. The average molecular weight is 322 g/mol. The topological polar surface area (TPSA) is 46.5 Å². The molecule has 1 heterocycles. The van der Waals surface area contributed by atoms with Gasteiger partial charge in [-0.1, -0.05) is 27.7 Å². The maximum absolute atomic E-state index is 11.2. The highest BCUT2D eigenvalue weighted by atomic mass is 16.5. The van der Waals surface area contributed by atoms with E-state index in [2.05, 4.69) is 6.92 Å². The van der Waals surface area contributed by atoms with E-state index in [-0.39, 0.29) is 11.4 Å². The molecule has 0 spiro atoms. The largest absolute Gasteiger partial charge is 0.508 e. The molecule has 0 aliphatic carbocycles. The van der Waals surface area contributed by atoms with Gasteiger partial charge < -0.3 is 14.6 Å². The summed E-state index contributed by atoms with van der Waals surface area (Å²) in [5.74, 6) is 1.44. The zero-order valence-electron chi connectivity index (χ0n) is 16.2. The first-order valence-electron chi connectivity index (χ1n) is 8.83. The van der Waals surface area contributed by atoms with Crippen LogP contribution in [0.1, 0.15) is 77.5 Å². The van der Waals surface area contributed by atoms with Crippen LogP contribution in [0.5, 0.6) is 11.5 Å². The maximum Gasteiger partial charge on any atom is 0.129 e. The lowest BCUT2D eigenvalue weighted by atomic mass is 9.86. The van der Waals surface area contributed by atoms with Gasteiger partial charge >= 0.3 is 0 Å². The number of hydrogen-bond donors (Lipinski definition) is 1. The monoisotopic (exact) mass is 322 g/mol. The summed E-state index contributed by atoms with van der Waals surface area (Å²) in [5.41, 5.74) is 2.67. The molecule has 1 aromatic carbocycles. The van der Waals surface area contributed by atoms with Gasteiger partial charge in [0.05, 0.1) is 0 Å². The predicted molar refractivity (Wildman–Crippen MR) is 97.5 cm³/mol. The molecule has 1 aromatic rings. The van der Waals surface area contributed by atoms with Crippen molar-refractivity contribution in [1.29, 1.82) is 0 Å². The number of phenols is 1. The summed E-state index contributed by atoms with van der Waals surface area (Å²) < 4.78 is 6.17. The Morgan fingerprint density at radius 3 is 2.30 bits per heavy atom. The molecular weight excluding hydrogens is 288 g/mol. The number of carbonyl (C=O) groups is 1. The summed E-state index contributed by atoms with van der Waals surface area (Å²) in [6, 6.07) is 1.81. The Kier molecular flexibility index (Phi) is 8.96. The zero-order valence-corrected chi connectivity index (χ0v) is 16.2. The Labute approximate surface area is 142 Å². The zero-order chi connectivity index (χ0) is 18.2. The number of aromatic hydroxyl groups is 1. The molecule has 0 bridgehead atoms. The lowest BCUT2D eigenvalue weighted by molar-refractivity contribution is -0.118. The summed E-state index contributed by atoms with van der Waals surface area (Å²) in [6.45, 7) is 15.6. The van der Waals surface area contributed by atoms with Crippen molar-refractivity contribution in [3.05, 3.63) is 22.8 Å². The van der Waals surface area contributed by atoms with Crippen LogP contribution in [0.2, 0.25) is 0 Å². The minimum atomic E-state index is -0.271. The number of hydrogen-bond acceptors (Lipinski definition) is 3. The summed E-state index contributed by atoms with van der Waals surface area (Å²) >= 11 is 0. The molecule has 1 N–H and O–H groups in total. The van der Waals surface area contributed by atoms with Crippen LogP contribution < -0.4 is 4.74 Å². The van der Waals surface area contributed by atoms with Crippen LogP contribution in [0.15, 0.2) is 6.07 Å². The van der Waals surface area contributed by atoms with Crippen molar-refractivity contribution in [2.75, 3.05) is 0 Å². The molecule has 0 aromatic heterocycles. The molecule has 0 radical (unpaired) electrons. The molecule has 1 unspecified atom stereocenters. The summed E-state index contributed by atoms with van der Waals surface area (Å²) in [5, 5.41) is 9.86. The number of benzene rings is 1. The van der Waals surface area contributed by atoms with E-state index in [1.54, 1.807) is 6.92 Å². The highest BCUT2D eigenvalue weighted by Crippen LogP contribution is 2.41. The molecule has 23 heavy (non-hydrogen) atoms. The second-order valence-corrected chi connectivity index (χ2v) is 5.89. The van der Waals surface area contributed by atoms with Crippen molar-refractivity contribution in [3.63, 3.8) is 0 Å². The highest BCUT2D eigenvalue weighted by Gasteiger charge is 2.33. The van der Waals surface area contributed by atoms with Crippen LogP contribution in [0.4, 0.5) is 0 Å². The quantitative estimate of drug-likeness (QED) is 0.797. The number of aryl methyl sites for hydroxylation is 1. The Morgan fingerprint density at radius 2 is 1.78 bits per heavy atom. The van der Waals surface area contributed by atoms with Crippen LogP contribution in [-0.4, -0.2) is 16.5 Å². The molecule has 1 aliphatic rings. The first kappa shape index (κ1) is 21.5. The lowest BCUT2D eigenvalue weighted by Crippen LogP contribution is -2.37. The van der Waals surface area contributed by atoms with Gasteiger partial charge in [0.1, 0.15) is 22.9 Å². The van der Waals surface area contributed by atoms with E-state index in [1.165, 1.54) is 0 Å². The Bertz CT molecular complexity index is 520. The molecule has 0 saturated carbocycles. The van der Waals surface area contributed by atoms with Crippen molar-refractivity contribution in [1.82, 2.24) is 0 Å². The van der Waals surface area contributed by atoms with Gasteiger partial charge in [0, 0.05) is 6.42 Å². The molecule has 2 rings (SSSR count). The normalized spacial score (nSPS) is 18.4. The highest BCUT2D eigenvalue weighted by molar-refractivity contribution is 5.75. The van der Waals surface area contributed by atoms with Crippen molar-refractivity contribution in [3.8, 4) is 11.5 Å². The van der Waals surface area contributed by atoms with E-state index < -0.39 is 0 Å². The first-order valence-corrected chi connectivity index (χ1v) is 8.83. The van der Waals surface area contributed by atoms with E-state index in [4.69, 9.17) is 4.74 Å². The van der Waals surface area contributed by atoms with E-state index in [1.807, 2.05) is 47.6 Å². The molecular formula is C20H34O3. The Balaban J connectivity index is 0.00000112. The summed E-state index contributed by atoms with van der Waals surface area (Å²) in [7, 11) is 0. The fourth-order valence-electron chi connectivity index (χ4n) is 2.58. The van der Waals surface area contributed by atoms with E-state index in [0.717, 1.165) is 41.7 Å². The van der Waals surface area contributed by atoms with Gasteiger partial charge in [0.25, 0.3) is 0 Å². The minimum Gasteiger partial charge on any atom is -0.508 e. The SMILES string of the molecule is CC.CC.CC(=O)CCC1(C)CCc2cc(O)c(C)c(C)c2O1. The minimum absolute atomic E-state index is 0.203. The predicted octanol–water partition coefficient (Wildman–Crippen LogP) is 5.51. The third-order valence-corrected chi connectivity index (χ3v) is 4.17. The molecule has 0 fully saturated rings. The van der Waals surface area contributed by atoms with Crippen LogP contribution in [0.25, 0.3) is 0 Å². The summed E-state index contributed by atoms with van der Waals surface area (Å²) in [6.07, 6.45) is 3.08. The Hall–Kier alpha value is -1.51. The molecule has 3 heteroatoms. The van der Waals surface area contributed by atoms with Gasteiger partial charge in [-0.25, -0.2) is 0 Å². The van der Waals surface area contributed by atoms with Gasteiger partial charge in [0.2, 0.25) is 0 Å².